The van der Waals surface area contributed by atoms with Gasteiger partial charge in [-0.05, 0) is 89.6 Å². The molecule has 17 atom stereocenters. The molecular weight excluding hydrogens is 1770 g/mol. The van der Waals surface area contributed by atoms with Crippen LogP contribution in [-0.2, 0) is 53.5 Å². The number of nitrogens with two attached hydrogens (primary N) is 1. The Labute approximate surface area is 759 Å². The summed E-state index contributed by atoms with van der Waals surface area (Å²) < 4.78 is 6.31. The van der Waals surface area contributed by atoms with Gasteiger partial charge >= 0.3 is 5.97 Å². The first kappa shape index (κ1) is 97.8. The summed E-state index contributed by atoms with van der Waals surface area (Å²) in [6.45, 7) is 21.8. The molecule has 5 aliphatic rings. The quantitative estimate of drug-likeness (QED) is 0.0190. The minimum absolute atomic E-state index is 0.00338. The van der Waals surface area contributed by atoms with Crippen LogP contribution in [0.5, 0.6) is 0 Å². The predicted octanol–water partition coefficient (Wildman–Crippen LogP) is 3.94. The number of aliphatic imine (C=N–C) groups is 2. The highest BCUT2D eigenvalue weighted by molar-refractivity contribution is 8.14. The molecule has 0 spiro atoms. The van der Waals surface area contributed by atoms with Crippen molar-refractivity contribution in [3.8, 4) is 0 Å². The molecule has 684 valence electrons. The first-order valence-corrected chi connectivity index (χ1v) is 45.4. The summed E-state index contributed by atoms with van der Waals surface area (Å²) in [4.78, 5) is 226. The summed E-state index contributed by atoms with van der Waals surface area (Å²) in [5.41, 5.74) is -0.944. The average Bonchev–Trinajstić information content (AvgIpc) is 1.60. The van der Waals surface area contributed by atoms with Crippen molar-refractivity contribution in [2.24, 2.45) is 38.6 Å². The third-order valence-electron chi connectivity index (χ3n) is 22.3. The van der Waals surface area contributed by atoms with Gasteiger partial charge in [0, 0.05) is 81.6 Å². The van der Waals surface area contributed by atoms with Crippen molar-refractivity contribution in [3.63, 3.8) is 0 Å². The van der Waals surface area contributed by atoms with E-state index < -0.39 is 220 Å². The number of thiazole rings is 4. The number of allylic oxidation sites excluding steroid dienone is 2. The maximum atomic E-state index is 15.6. The number of benzene rings is 1. The molecule has 17 N–H and O–H groups in total. The van der Waals surface area contributed by atoms with Gasteiger partial charge in [-0.15, -0.1) is 57.1 Å². The lowest BCUT2D eigenvalue weighted by Crippen LogP contribution is -2.54. The number of aliphatic hydroxyl groups is 6. The van der Waals surface area contributed by atoms with Gasteiger partial charge in [-0.1, -0.05) is 82.8 Å². The minimum Gasteiger partial charge on any atom is -0.455 e. The summed E-state index contributed by atoms with van der Waals surface area (Å²) in [5, 5.41) is 100. The largest absolute Gasteiger partial charge is 0.455 e. The summed E-state index contributed by atoms with van der Waals surface area (Å²) in [5.74, 6) is -15.9. The van der Waals surface area contributed by atoms with Crippen LogP contribution in [0.15, 0.2) is 121 Å². The third kappa shape index (κ3) is 22.7. The van der Waals surface area contributed by atoms with Crippen LogP contribution in [0.25, 0.3) is 6.08 Å². The van der Waals surface area contributed by atoms with Crippen LogP contribution < -0.4 is 53.6 Å². The predicted molar refractivity (Wildman–Crippen MR) is 476 cm³/mol. The zero-order chi connectivity index (χ0) is 93.9. The highest BCUT2D eigenvalue weighted by Crippen LogP contribution is 2.49. The molecule has 17 unspecified atom stereocenters. The summed E-state index contributed by atoms with van der Waals surface area (Å²) in [6, 6.07) is -0.880. The van der Waals surface area contributed by atoms with E-state index in [4.69, 9.17) is 35.4 Å². The maximum Gasteiger partial charge on any atom is 0.357 e. The Bertz CT molecular complexity index is 5630. The number of nitrogens with one attached hydrogen (secondary N) is 9. The standard InChI is InChI=1S/C85H98N18O21S5/c1-13-36(3)63-62(110)25-37(4)70(113)89-39(6)60(108)24-38(5)71(114)103-85-21-20-52(80-99-57(34-127-80)74(117)90-40(7)72(115)95-54(69(86)112)30-87-73(116)46-17-15-16-45(26-46)29-88-123-23-22-104)93-68(85)56-32-128-81(97-56)65(43(10)124-82(121)53-27-48(41(8)105)47-18-19-51(91-63)67(111)66(47)92-53)102-75(118)58-33-125-78(98-58)49(84(12,122)44(11)107)28-61(109)55-31-126-79(96-55)50(14-2)94-77(120)64(42(9)106)101-76(119)59-35-129-83(85)100-59/h14-19,26-27,29-30,32-38,41-44,49,51,55,63-65,67-68,91,104-107,111,122H,6-7,13,20-25,28,31H2,1-5,8-12H3,(H2,86,112)(H,87,116)(H,89,113)(H,90,117)(H,94,120)(H,95,115)(H,101,119)(H,102,118)(H,103,114)/b50-14-,54-30?,88-29?. The van der Waals surface area contributed by atoms with Crippen molar-refractivity contribution >= 4 is 157 Å². The van der Waals surface area contributed by atoms with Crippen molar-refractivity contribution in [2.75, 3.05) is 19.0 Å². The van der Waals surface area contributed by atoms with Gasteiger partial charge in [-0.3, -0.25) is 72.8 Å². The summed E-state index contributed by atoms with van der Waals surface area (Å²) in [7, 11) is 0. The summed E-state index contributed by atoms with van der Waals surface area (Å²) in [6.07, 6.45) is -2.48. The van der Waals surface area contributed by atoms with Gasteiger partial charge < -0.3 is 88.5 Å². The number of thioether (sulfide) groups is 1. The molecule has 0 radical (unpaired) electrons. The van der Waals surface area contributed by atoms with E-state index >= 15 is 14.4 Å². The van der Waals surface area contributed by atoms with Gasteiger partial charge in [-0.25, -0.2) is 29.7 Å². The fourth-order valence-electron chi connectivity index (χ4n) is 14.3. The van der Waals surface area contributed by atoms with E-state index in [2.05, 4.69) is 86.1 Å². The number of Topliss-reactive ketones (excluding diaryl/α,β-unsaturated/α-hetero) is 3. The molecule has 0 fully saturated rings. The van der Waals surface area contributed by atoms with Gasteiger partial charge in [0.15, 0.2) is 17.3 Å². The highest BCUT2D eigenvalue weighted by Gasteiger charge is 2.52. The molecule has 9 heterocycles. The number of aromatic nitrogens is 5. The molecule has 6 aromatic rings. The lowest BCUT2D eigenvalue weighted by molar-refractivity contribution is -0.131. The molecule has 11 rings (SSSR count). The van der Waals surface area contributed by atoms with Crippen LogP contribution >= 0.6 is 57.1 Å². The first-order valence-electron chi connectivity index (χ1n) is 40.9. The SMILES string of the molecule is C=C1NC(=O)C(C)CC(=O)C(C(C)CC)NC2C=Cc3c(C(C)O)cc(nc3C2O)C(=O)OC(C)C2NC(=O)c3csc(n3)C(C(C)(O)C(C)O)CC(=O)C3CSC(=N3)/C(=C/C)NC(=O)C(C(C)O)NC(=O)c3csc(n3)C3(CCC(c4nc(C(=O)NC(=C)C(=O)NC(=CNC(=O)c5cccc(C=NOCCO)c5)C(N)=O)cs4)=NC3c3csc2n3)NC(=O)C(C)CC1=O. The molecular formula is C85H98N18O21S5. The van der Waals surface area contributed by atoms with Gasteiger partial charge in [-0.2, -0.15) is 0 Å². The number of primary amides is 1. The molecule has 1 aliphatic carbocycles. The number of rotatable bonds is 18. The number of amides is 9. The number of hydrogen-bond acceptors (Lipinski definition) is 35. The van der Waals surface area contributed by atoms with Crippen molar-refractivity contribution in [2.45, 2.75) is 192 Å². The number of ether oxygens (including phenoxy) is 1. The van der Waals surface area contributed by atoms with Crippen LogP contribution in [0, 0.1) is 17.8 Å². The van der Waals surface area contributed by atoms with E-state index in [1.54, 1.807) is 32.1 Å². The van der Waals surface area contributed by atoms with Gasteiger partial charge in [0.05, 0.1) is 88.0 Å². The number of esters is 1. The molecule has 129 heavy (non-hydrogen) atoms. The molecule has 4 aliphatic heterocycles. The number of nitrogens with zero attached hydrogens (tertiary/aromatic N) is 8. The number of ketones is 3. The normalized spacial score (nSPS) is 25.4. The summed E-state index contributed by atoms with van der Waals surface area (Å²) >= 11 is 4.50. The molecule has 39 nitrogen and oxygen atoms in total. The average molecular weight is 1870 g/mol. The fourth-order valence-corrected chi connectivity index (χ4v) is 19.3. The number of oxime groups is 1. The monoisotopic (exact) mass is 1870 g/mol. The van der Waals surface area contributed by atoms with Crippen molar-refractivity contribution in [1.29, 1.82) is 0 Å². The number of carbonyl (C=O) groups excluding carboxylic acids is 13. The van der Waals surface area contributed by atoms with Crippen molar-refractivity contribution in [3.05, 3.63) is 183 Å². The Morgan fingerprint density at radius 2 is 1.53 bits per heavy atom. The van der Waals surface area contributed by atoms with E-state index in [0.717, 1.165) is 63.3 Å². The Hall–Kier alpha value is -11.8. The number of aliphatic hydroxyl groups excluding tert-OH is 5. The second-order valence-electron chi connectivity index (χ2n) is 31.7. The highest BCUT2D eigenvalue weighted by atomic mass is 32.2. The molecule has 5 aromatic heterocycles. The van der Waals surface area contributed by atoms with Crippen LogP contribution in [-0.4, -0.2) is 216 Å². The van der Waals surface area contributed by atoms with Gasteiger partial charge in [0.25, 0.3) is 35.4 Å². The topological polar surface area (TPSA) is 598 Å². The van der Waals surface area contributed by atoms with E-state index in [1.165, 1.54) is 107 Å². The Morgan fingerprint density at radius 3 is 2.22 bits per heavy atom. The van der Waals surface area contributed by atoms with E-state index in [9.17, 15) is 73.5 Å². The Balaban J connectivity index is 1.05. The molecule has 0 saturated carbocycles. The molecule has 13 bridgehead atoms. The van der Waals surface area contributed by atoms with Crippen molar-refractivity contribution < 1.29 is 103 Å². The third-order valence-corrected chi connectivity index (χ3v) is 27.2. The van der Waals surface area contributed by atoms with Crippen LogP contribution in [0.3, 0.4) is 0 Å². The van der Waals surface area contributed by atoms with E-state index in [-0.39, 0.29) is 113 Å². The van der Waals surface area contributed by atoms with Crippen LogP contribution in [0.1, 0.15) is 238 Å². The second kappa shape index (κ2) is 42.2. The number of carbonyl (C=O) groups is 13. The van der Waals surface area contributed by atoms with Crippen molar-refractivity contribution in [1.82, 2.24) is 72.8 Å². The van der Waals surface area contributed by atoms with Gasteiger partial charge in [0.1, 0.15) is 97.1 Å². The van der Waals surface area contributed by atoms with Crippen LogP contribution in [0.4, 0.5) is 0 Å². The lowest BCUT2D eigenvalue weighted by Gasteiger charge is -2.41. The minimum atomic E-state index is -2.11. The van der Waals surface area contributed by atoms with Crippen LogP contribution in [0.2, 0.25) is 0 Å². The molecule has 9 amide bonds. The Kier molecular flexibility index (Phi) is 32.0. The Morgan fingerprint density at radius 1 is 0.814 bits per heavy atom. The second-order valence-corrected chi connectivity index (χ2v) is 36.2. The number of fused-ring (bicyclic) bond motifs is 7. The lowest BCUT2D eigenvalue weighted by atomic mass is 9.80. The number of hydrogen-bond donors (Lipinski definition) is 16. The molecule has 0 saturated heterocycles. The number of cyclic esters (lactones) is 1. The molecule has 44 heteroatoms. The smallest absolute Gasteiger partial charge is 0.357 e. The maximum absolute atomic E-state index is 15.6. The van der Waals surface area contributed by atoms with E-state index in [0.29, 0.717) is 12.0 Å². The van der Waals surface area contributed by atoms with E-state index in [1.807, 2.05) is 6.92 Å². The fraction of sp³-hybridized carbons (Fsp3) is 0.424. The molecule has 1 aromatic carbocycles. The zero-order valence-electron chi connectivity index (χ0n) is 71.5. The van der Waals surface area contributed by atoms with Gasteiger partial charge in [0.2, 0.25) is 17.7 Å². The first-order chi connectivity index (χ1) is 61.1. The number of pyridine rings is 1. The zero-order valence-corrected chi connectivity index (χ0v) is 75.6.